The van der Waals surface area contributed by atoms with Gasteiger partial charge >= 0.3 is 24.3 Å². The second-order valence-electron chi connectivity index (χ2n) is 7.36. The average Bonchev–Trinajstić information content (AvgIpc) is 2.83. The van der Waals surface area contributed by atoms with Crippen LogP contribution in [0.5, 0.6) is 0 Å². The molecule has 0 saturated heterocycles. The van der Waals surface area contributed by atoms with Crippen molar-refractivity contribution in [3.63, 3.8) is 0 Å². The molecule has 7 N–H and O–H groups in total. The summed E-state index contributed by atoms with van der Waals surface area (Å²) in [7, 11) is 0. The maximum atomic E-state index is 12.2. The maximum Gasteiger partial charge on any atom is 0.490 e. The van der Waals surface area contributed by atoms with Crippen molar-refractivity contribution in [2.45, 2.75) is 31.4 Å². The highest BCUT2D eigenvalue weighted by molar-refractivity contribution is 5.87. The van der Waals surface area contributed by atoms with Crippen LogP contribution in [-0.4, -0.2) is 51.4 Å². The number of carbonyl (C=O) groups is 3. The lowest BCUT2D eigenvalue weighted by Gasteiger charge is -2.14. The monoisotopic (exact) mass is 548 g/mol. The van der Waals surface area contributed by atoms with Gasteiger partial charge in [-0.25, -0.2) is 14.6 Å². The van der Waals surface area contributed by atoms with Crippen LogP contribution < -0.4 is 16.8 Å². The number of amides is 1. The lowest BCUT2D eigenvalue weighted by Crippen LogP contribution is -2.41. The number of nitrogens with one attached hydrogen (secondary N) is 1. The largest absolute Gasteiger partial charge is 0.490 e. The Labute approximate surface area is 211 Å². The third-order valence-electron chi connectivity index (χ3n) is 4.46. The topological polar surface area (TPSA) is 169 Å². The zero-order chi connectivity index (χ0) is 29.1. The third kappa shape index (κ3) is 11.1. The second kappa shape index (κ2) is 13.8. The summed E-state index contributed by atoms with van der Waals surface area (Å²) in [5.74, 6) is -5.24. The SMILES string of the molecule is Nc1ccc(CNC(=O)[C@@H](N)Cc2cccc3ccccc23)cn1.O=C(O)C(F)(F)F.O=C(O)C(F)(F)F. The molecule has 9 nitrogen and oxygen atoms in total. The number of carboxylic acid groups (broad SMARTS) is 2. The highest BCUT2D eigenvalue weighted by Crippen LogP contribution is 2.19. The summed E-state index contributed by atoms with van der Waals surface area (Å²) < 4.78 is 63.5. The van der Waals surface area contributed by atoms with Crippen LogP contribution in [0.4, 0.5) is 32.2 Å². The van der Waals surface area contributed by atoms with Crippen molar-refractivity contribution in [2.24, 2.45) is 5.73 Å². The Morgan fingerprint density at radius 1 is 0.868 bits per heavy atom. The van der Waals surface area contributed by atoms with E-state index in [1.807, 2.05) is 30.3 Å². The van der Waals surface area contributed by atoms with Crippen LogP contribution in [0.1, 0.15) is 11.1 Å². The van der Waals surface area contributed by atoms with E-state index in [0.717, 1.165) is 21.9 Å². The zero-order valence-corrected chi connectivity index (χ0v) is 19.3. The van der Waals surface area contributed by atoms with Crippen molar-refractivity contribution in [1.29, 1.82) is 0 Å². The van der Waals surface area contributed by atoms with E-state index in [9.17, 15) is 31.1 Å². The molecule has 1 heterocycles. The van der Waals surface area contributed by atoms with E-state index >= 15 is 0 Å². The summed E-state index contributed by atoms with van der Waals surface area (Å²) in [6.07, 6.45) is -8.03. The number of aromatic nitrogens is 1. The number of pyridine rings is 1. The number of alkyl halides is 6. The quantitative estimate of drug-likeness (QED) is 0.303. The van der Waals surface area contributed by atoms with Gasteiger partial charge in [0.05, 0.1) is 6.04 Å². The number of nitrogens with two attached hydrogens (primary N) is 2. The molecule has 0 fully saturated rings. The summed E-state index contributed by atoms with van der Waals surface area (Å²) in [5, 5.41) is 19.4. The normalized spacial score (nSPS) is 11.8. The number of hydrogen-bond donors (Lipinski definition) is 5. The van der Waals surface area contributed by atoms with Crippen LogP contribution in [0, 0.1) is 0 Å². The summed E-state index contributed by atoms with van der Waals surface area (Å²) in [5.41, 5.74) is 13.6. The zero-order valence-electron chi connectivity index (χ0n) is 19.3. The van der Waals surface area contributed by atoms with E-state index in [-0.39, 0.29) is 5.91 Å². The van der Waals surface area contributed by atoms with Gasteiger partial charge < -0.3 is 27.0 Å². The Morgan fingerprint density at radius 2 is 1.39 bits per heavy atom. The standard InChI is InChI=1S/C19H20N4O.2C2HF3O2/c20-17(19(24)23-12-13-8-9-18(21)22-11-13)10-15-6-3-5-14-4-1-2-7-16(14)15;2*3-2(4,5)1(6)7/h1-9,11,17H,10,12,20H2,(H2,21,22)(H,23,24);2*(H,6,7)/t17-;;/m0../s1. The molecule has 0 bridgehead atoms. The number of rotatable bonds is 5. The van der Waals surface area contributed by atoms with Gasteiger partial charge in [-0.1, -0.05) is 48.5 Å². The first-order valence-electron chi connectivity index (χ1n) is 10.3. The number of carboxylic acids is 2. The van der Waals surface area contributed by atoms with Crippen LogP contribution in [0.3, 0.4) is 0 Å². The highest BCUT2D eigenvalue weighted by atomic mass is 19.4. The van der Waals surface area contributed by atoms with Gasteiger partial charge in [0.2, 0.25) is 5.91 Å². The molecule has 0 aliphatic heterocycles. The molecule has 206 valence electrons. The molecule has 0 spiro atoms. The Bertz CT molecular complexity index is 1200. The molecular weight excluding hydrogens is 526 g/mol. The second-order valence-corrected chi connectivity index (χ2v) is 7.36. The Hall–Kier alpha value is -4.40. The fourth-order valence-corrected chi connectivity index (χ4v) is 2.66. The molecule has 0 aliphatic rings. The average molecular weight is 548 g/mol. The van der Waals surface area contributed by atoms with Gasteiger partial charge in [-0.15, -0.1) is 0 Å². The molecule has 38 heavy (non-hydrogen) atoms. The summed E-state index contributed by atoms with van der Waals surface area (Å²) in [6.45, 7) is 0.384. The first-order valence-corrected chi connectivity index (χ1v) is 10.3. The van der Waals surface area contributed by atoms with Crippen molar-refractivity contribution in [2.75, 3.05) is 5.73 Å². The fourth-order valence-electron chi connectivity index (χ4n) is 2.66. The number of halogens is 6. The number of nitrogens with zero attached hydrogens (tertiary/aromatic N) is 1. The van der Waals surface area contributed by atoms with Gasteiger partial charge in [-0.05, 0) is 34.4 Å². The van der Waals surface area contributed by atoms with Crippen molar-refractivity contribution in [3.8, 4) is 0 Å². The van der Waals surface area contributed by atoms with Crippen molar-refractivity contribution >= 4 is 34.4 Å². The van der Waals surface area contributed by atoms with Gasteiger partial charge in [-0.2, -0.15) is 26.3 Å². The van der Waals surface area contributed by atoms with E-state index in [1.54, 1.807) is 12.3 Å². The molecule has 1 amide bonds. The molecule has 0 saturated carbocycles. The molecular formula is C23H22F6N4O5. The van der Waals surface area contributed by atoms with Crippen LogP contribution in [-0.2, 0) is 27.3 Å². The molecule has 1 atom stereocenters. The molecule has 0 unspecified atom stereocenters. The Morgan fingerprint density at radius 3 is 1.89 bits per heavy atom. The minimum atomic E-state index is -5.08. The molecule has 0 aliphatic carbocycles. The molecule has 0 radical (unpaired) electrons. The molecule has 3 aromatic rings. The van der Waals surface area contributed by atoms with Crippen LogP contribution in [0.15, 0.2) is 60.8 Å². The summed E-state index contributed by atoms with van der Waals surface area (Å²) >= 11 is 0. The van der Waals surface area contributed by atoms with Gasteiger partial charge in [0.25, 0.3) is 0 Å². The Balaban J connectivity index is 0.000000426. The van der Waals surface area contributed by atoms with Crippen molar-refractivity contribution in [1.82, 2.24) is 10.3 Å². The van der Waals surface area contributed by atoms with Crippen LogP contribution >= 0.6 is 0 Å². The maximum absolute atomic E-state index is 12.2. The lowest BCUT2D eigenvalue weighted by atomic mass is 9.99. The van der Waals surface area contributed by atoms with Crippen LogP contribution in [0.25, 0.3) is 10.8 Å². The van der Waals surface area contributed by atoms with E-state index in [2.05, 4.69) is 28.5 Å². The van der Waals surface area contributed by atoms with Gasteiger partial charge in [0.1, 0.15) is 5.82 Å². The van der Waals surface area contributed by atoms with Gasteiger partial charge in [0.15, 0.2) is 0 Å². The number of nitrogen functional groups attached to an aromatic ring is 1. The predicted molar refractivity (Wildman–Crippen MR) is 124 cm³/mol. The van der Waals surface area contributed by atoms with Gasteiger partial charge in [-0.3, -0.25) is 4.79 Å². The van der Waals surface area contributed by atoms with E-state index < -0.39 is 30.3 Å². The van der Waals surface area contributed by atoms with E-state index in [0.29, 0.717) is 18.8 Å². The highest BCUT2D eigenvalue weighted by Gasteiger charge is 2.38. The predicted octanol–water partition coefficient (Wildman–Crippen LogP) is 3.27. The number of aliphatic carboxylic acids is 2. The smallest absolute Gasteiger partial charge is 0.475 e. The first-order chi connectivity index (χ1) is 17.5. The number of benzene rings is 2. The molecule has 15 heteroatoms. The minimum Gasteiger partial charge on any atom is -0.475 e. The summed E-state index contributed by atoms with van der Waals surface area (Å²) in [6, 6.07) is 17.1. The molecule has 3 rings (SSSR count). The number of anilines is 1. The molecule has 2 aromatic carbocycles. The van der Waals surface area contributed by atoms with E-state index in [1.165, 1.54) is 0 Å². The molecule has 1 aromatic heterocycles. The van der Waals surface area contributed by atoms with Crippen molar-refractivity contribution < 1.29 is 50.9 Å². The number of carbonyl (C=O) groups excluding carboxylic acids is 1. The van der Waals surface area contributed by atoms with Crippen molar-refractivity contribution in [3.05, 3.63) is 71.9 Å². The number of hydrogen-bond acceptors (Lipinski definition) is 6. The lowest BCUT2D eigenvalue weighted by molar-refractivity contribution is -0.193. The first kappa shape index (κ1) is 31.6. The van der Waals surface area contributed by atoms with Gasteiger partial charge in [0, 0.05) is 12.7 Å². The van der Waals surface area contributed by atoms with E-state index in [4.69, 9.17) is 31.3 Å². The minimum absolute atomic E-state index is 0.181. The summed E-state index contributed by atoms with van der Waals surface area (Å²) in [4.78, 5) is 34.0. The Kier molecular flexibility index (Phi) is 11.5. The fraction of sp³-hybridized carbons (Fsp3) is 0.217. The number of fused-ring (bicyclic) bond motifs is 1. The third-order valence-corrected chi connectivity index (χ3v) is 4.46. The van der Waals surface area contributed by atoms with Crippen LogP contribution in [0.2, 0.25) is 0 Å².